The summed E-state index contributed by atoms with van der Waals surface area (Å²) in [5, 5.41) is 63.2. The van der Waals surface area contributed by atoms with E-state index in [1.165, 1.54) is 6.42 Å². The summed E-state index contributed by atoms with van der Waals surface area (Å²) in [5.41, 5.74) is 3.51. The number of urea groups is 1. The molecule has 3 aliphatic rings. The summed E-state index contributed by atoms with van der Waals surface area (Å²) in [6.45, 7) is 14.3. The number of aliphatic hydroxyl groups excluding tert-OH is 4. The van der Waals surface area contributed by atoms with E-state index in [9.17, 15) is 30.0 Å². The van der Waals surface area contributed by atoms with E-state index >= 15 is 0 Å². The molecule has 3 aliphatic heterocycles. The van der Waals surface area contributed by atoms with Crippen molar-refractivity contribution in [1.29, 1.82) is 10.8 Å². The molecule has 6 unspecified atom stereocenters. The number of hydrogen-bond acceptors (Lipinski definition) is 11. The third-order valence-electron chi connectivity index (χ3n) is 11.1. The fourth-order valence-electron chi connectivity index (χ4n) is 7.63. The molecule has 3 saturated heterocycles. The van der Waals surface area contributed by atoms with Gasteiger partial charge in [0.05, 0.1) is 19.1 Å². The average molecular weight is 757 g/mol. The minimum Gasteiger partial charge on any atom is -0.449 e. The molecule has 4 rings (SSSR count). The molecule has 1 spiro atoms. The minimum absolute atomic E-state index is 0.0230. The second-order valence-electron chi connectivity index (χ2n) is 16.1. The van der Waals surface area contributed by atoms with Crippen molar-refractivity contribution in [2.45, 2.75) is 104 Å². The summed E-state index contributed by atoms with van der Waals surface area (Å²) in [4.78, 5) is 29.2. The van der Waals surface area contributed by atoms with Gasteiger partial charge in [-0.15, -0.1) is 0 Å². The van der Waals surface area contributed by atoms with Gasteiger partial charge in [-0.2, -0.15) is 0 Å². The zero-order valence-electron chi connectivity index (χ0n) is 32.7. The van der Waals surface area contributed by atoms with Crippen LogP contribution in [-0.4, -0.2) is 137 Å². The number of rotatable bonds is 15. The number of amides is 3. The molecular formula is C40H64N6O8. The van der Waals surface area contributed by atoms with E-state index in [4.69, 9.17) is 20.3 Å². The summed E-state index contributed by atoms with van der Waals surface area (Å²) in [6.07, 6.45) is 2.40. The zero-order chi connectivity index (χ0) is 39.6. The highest BCUT2D eigenvalue weighted by Crippen LogP contribution is 2.40. The van der Waals surface area contributed by atoms with Crippen LogP contribution < -0.4 is 10.6 Å². The van der Waals surface area contributed by atoms with Gasteiger partial charge in [0.15, 0.2) is 5.90 Å². The van der Waals surface area contributed by atoms with Gasteiger partial charge in [-0.05, 0) is 85.9 Å². The molecule has 0 aromatic heterocycles. The number of likely N-dealkylation sites (tertiary alicyclic amines) is 2. The molecule has 54 heavy (non-hydrogen) atoms. The van der Waals surface area contributed by atoms with E-state index in [0.29, 0.717) is 18.9 Å². The van der Waals surface area contributed by atoms with Gasteiger partial charge in [0.25, 0.3) is 0 Å². The number of ether oxygens (including phenoxy) is 2. The standard InChI is InChI=1S/C40H64N6O8/c1-25(2)21-43-39(52)44-22-32(48)46-17-13-40(14-18-46)12-8-16-45(24-40)15-7-6-9-28-10-11-29(27(5)19-28)20-30(33(41)26(3)4)37(42)54-38-36(51)35(50)34(49)31(23-47)53-38/h6,9-11,19,25-26,30-31,34-36,38,41-42,47,49-51H,7-8,12-18,20-24H2,1-5H3,(H2,43,44,52). The van der Waals surface area contributed by atoms with Crippen molar-refractivity contribution in [2.75, 3.05) is 52.4 Å². The van der Waals surface area contributed by atoms with Gasteiger partial charge in [0.1, 0.15) is 24.4 Å². The fraction of sp³-hybridized carbons (Fsp3) is 0.700. The number of nitrogens with zero attached hydrogens (tertiary/aromatic N) is 2. The molecule has 0 aliphatic carbocycles. The molecule has 14 heteroatoms. The smallest absolute Gasteiger partial charge is 0.315 e. The largest absolute Gasteiger partial charge is 0.449 e. The predicted molar refractivity (Wildman–Crippen MR) is 207 cm³/mol. The number of benzene rings is 1. The van der Waals surface area contributed by atoms with Crippen molar-refractivity contribution in [2.24, 2.45) is 23.2 Å². The van der Waals surface area contributed by atoms with Gasteiger partial charge in [-0.25, -0.2) is 4.79 Å². The fourth-order valence-corrected chi connectivity index (χ4v) is 7.63. The first-order chi connectivity index (χ1) is 25.6. The molecule has 1 aromatic rings. The second kappa shape index (κ2) is 20.0. The van der Waals surface area contributed by atoms with Crippen molar-refractivity contribution in [1.82, 2.24) is 20.4 Å². The quantitative estimate of drug-likeness (QED) is 0.0976. The molecule has 0 bridgehead atoms. The Morgan fingerprint density at radius 3 is 2.41 bits per heavy atom. The van der Waals surface area contributed by atoms with Crippen LogP contribution in [0, 0.1) is 40.9 Å². The van der Waals surface area contributed by atoms with Crippen LogP contribution in [-0.2, 0) is 20.7 Å². The Labute approximate surface area is 320 Å². The lowest BCUT2D eigenvalue weighted by Gasteiger charge is -2.47. The zero-order valence-corrected chi connectivity index (χ0v) is 32.7. The second-order valence-corrected chi connectivity index (χ2v) is 16.1. The van der Waals surface area contributed by atoms with Crippen LogP contribution in [0.5, 0.6) is 0 Å². The number of hydrogen-bond donors (Lipinski definition) is 8. The Hall–Kier alpha value is -3.40. The Morgan fingerprint density at radius 1 is 1.04 bits per heavy atom. The Kier molecular flexibility index (Phi) is 16.0. The maximum absolute atomic E-state index is 12.8. The summed E-state index contributed by atoms with van der Waals surface area (Å²) in [6, 6.07) is 5.81. The Balaban J connectivity index is 1.26. The average Bonchev–Trinajstić information content (AvgIpc) is 3.14. The lowest BCUT2D eigenvalue weighted by Crippen LogP contribution is -2.59. The number of piperidine rings is 2. The van der Waals surface area contributed by atoms with Crippen molar-refractivity contribution in [3.05, 3.63) is 41.0 Å². The van der Waals surface area contributed by atoms with Crippen molar-refractivity contribution < 1.29 is 39.5 Å². The van der Waals surface area contributed by atoms with Crippen LogP contribution in [0.2, 0.25) is 0 Å². The highest BCUT2D eigenvalue weighted by molar-refractivity contribution is 6.02. The van der Waals surface area contributed by atoms with Crippen molar-refractivity contribution in [3.8, 4) is 0 Å². The monoisotopic (exact) mass is 756 g/mol. The molecule has 3 heterocycles. The van der Waals surface area contributed by atoms with E-state index in [2.05, 4.69) is 33.8 Å². The number of aryl methyl sites for hydroxylation is 1. The van der Waals surface area contributed by atoms with Gasteiger partial charge >= 0.3 is 6.03 Å². The van der Waals surface area contributed by atoms with Crippen LogP contribution in [0.15, 0.2) is 24.3 Å². The molecular weight excluding hydrogens is 692 g/mol. The number of nitrogens with one attached hydrogen (secondary N) is 4. The molecule has 14 nitrogen and oxygen atoms in total. The first-order valence-electron chi connectivity index (χ1n) is 19.5. The summed E-state index contributed by atoms with van der Waals surface area (Å²) in [5.74, 6) is -0.896. The summed E-state index contributed by atoms with van der Waals surface area (Å²) < 4.78 is 11.1. The Morgan fingerprint density at radius 2 is 1.76 bits per heavy atom. The minimum atomic E-state index is -1.64. The van der Waals surface area contributed by atoms with Crippen LogP contribution >= 0.6 is 0 Å². The first-order valence-corrected chi connectivity index (χ1v) is 19.5. The first kappa shape index (κ1) is 43.3. The highest BCUT2D eigenvalue weighted by atomic mass is 16.7. The van der Waals surface area contributed by atoms with Crippen LogP contribution in [0.25, 0.3) is 6.08 Å². The molecule has 0 saturated carbocycles. The topological polar surface area (TPSA) is 212 Å². The molecule has 302 valence electrons. The third kappa shape index (κ3) is 11.8. The number of aliphatic hydroxyl groups is 4. The number of carbonyl (C=O) groups is 2. The van der Waals surface area contributed by atoms with Crippen LogP contribution in [0.1, 0.15) is 76.5 Å². The summed E-state index contributed by atoms with van der Waals surface area (Å²) in [7, 11) is 0. The van der Waals surface area contributed by atoms with Crippen LogP contribution in [0.4, 0.5) is 4.79 Å². The van der Waals surface area contributed by atoms with E-state index in [1.54, 1.807) is 0 Å². The predicted octanol–water partition coefficient (Wildman–Crippen LogP) is 2.69. The lowest BCUT2D eigenvalue weighted by atomic mass is 9.72. The molecule has 6 atom stereocenters. The molecule has 1 aromatic carbocycles. The molecule has 3 fully saturated rings. The third-order valence-corrected chi connectivity index (χ3v) is 11.1. The van der Waals surface area contributed by atoms with Gasteiger partial charge in [0.2, 0.25) is 12.2 Å². The van der Waals surface area contributed by atoms with Gasteiger partial charge in [-0.1, -0.05) is 58.0 Å². The van der Waals surface area contributed by atoms with Gasteiger partial charge < -0.3 is 55.7 Å². The van der Waals surface area contributed by atoms with Gasteiger partial charge in [-0.3, -0.25) is 10.2 Å². The molecule has 8 N–H and O–H groups in total. The maximum Gasteiger partial charge on any atom is 0.315 e. The normalized spacial score (nSPS) is 25.2. The van der Waals surface area contributed by atoms with E-state index < -0.39 is 43.2 Å². The van der Waals surface area contributed by atoms with Gasteiger partial charge in [0, 0.05) is 38.4 Å². The van der Waals surface area contributed by atoms with E-state index in [-0.39, 0.29) is 41.4 Å². The molecule has 0 radical (unpaired) electrons. The van der Waals surface area contributed by atoms with E-state index in [1.807, 2.05) is 51.7 Å². The number of carbonyl (C=O) groups excluding carboxylic acids is 2. The summed E-state index contributed by atoms with van der Waals surface area (Å²) >= 11 is 0. The SMILES string of the molecule is Cc1cc(C=CCCN2CCCC3(CCN(C(=O)CNC(=O)NCC(C)C)CC3)C2)ccc1CC(C(=N)OC1OC(CO)C(O)C(O)C1O)C(=N)C(C)C. The van der Waals surface area contributed by atoms with E-state index in [0.717, 1.165) is 75.1 Å². The maximum atomic E-state index is 12.8. The van der Waals surface area contributed by atoms with Crippen molar-refractivity contribution in [3.63, 3.8) is 0 Å². The highest BCUT2D eigenvalue weighted by Gasteiger charge is 2.46. The molecule has 3 amide bonds. The Bertz CT molecular complexity index is 1460. The van der Waals surface area contributed by atoms with Crippen molar-refractivity contribution >= 4 is 29.6 Å². The van der Waals surface area contributed by atoms with Crippen LogP contribution in [0.3, 0.4) is 0 Å². The lowest BCUT2D eigenvalue weighted by molar-refractivity contribution is -0.282.